The van der Waals surface area contributed by atoms with Crippen LogP contribution in [0.4, 0.5) is 0 Å². The van der Waals surface area contributed by atoms with Gasteiger partial charge in [0.25, 0.3) is 0 Å². The summed E-state index contributed by atoms with van der Waals surface area (Å²) >= 11 is 0. The highest BCUT2D eigenvalue weighted by Crippen LogP contribution is 2.28. The standard InChI is InChI=1S/C17H20/c1-11-12(2)14(4)17(15(5)13(11)3)10-16-8-6-7-9-16/h6-10H,1-5H3. The molecule has 17 heavy (non-hydrogen) atoms. The molecular weight excluding hydrogens is 204 g/mol. The van der Waals surface area contributed by atoms with Crippen LogP contribution in [0.15, 0.2) is 29.9 Å². The fraction of sp³-hybridized carbons (Fsp3) is 0.294. The van der Waals surface area contributed by atoms with Crippen LogP contribution in [0.1, 0.15) is 33.4 Å². The summed E-state index contributed by atoms with van der Waals surface area (Å²) in [6.07, 6.45) is 10.8. The van der Waals surface area contributed by atoms with Gasteiger partial charge in [0.2, 0.25) is 0 Å². The van der Waals surface area contributed by atoms with Gasteiger partial charge in [-0.15, -0.1) is 0 Å². The quantitative estimate of drug-likeness (QED) is 0.646. The SMILES string of the molecule is Cc1c(C)c(C)c(C=C2C=CC=C2)c(C)c1C. The summed E-state index contributed by atoms with van der Waals surface area (Å²) in [7, 11) is 0. The van der Waals surface area contributed by atoms with Crippen molar-refractivity contribution in [1.82, 2.24) is 0 Å². The average Bonchev–Trinajstić information content (AvgIpc) is 2.82. The van der Waals surface area contributed by atoms with Crippen molar-refractivity contribution in [1.29, 1.82) is 0 Å². The molecule has 0 aliphatic heterocycles. The van der Waals surface area contributed by atoms with E-state index in [1.54, 1.807) is 0 Å². The zero-order chi connectivity index (χ0) is 12.6. The molecule has 0 aromatic heterocycles. The lowest BCUT2D eigenvalue weighted by molar-refractivity contribution is 1.16. The lowest BCUT2D eigenvalue weighted by Crippen LogP contribution is -1.99. The molecular formula is C17H20. The molecule has 0 radical (unpaired) electrons. The second-order valence-corrected chi connectivity index (χ2v) is 4.90. The van der Waals surface area contributed by atoms with E-state index in [9.17, 15) is 0 Å². The van der Waals surface area contributed by atoms with E-state index >= 15 is 0 Å². The first-order chi connectivity index (χ1) is 8.02. The summed E-state index contributed by atoms with van der Waals surface area (Å²) in [5.41, 5.74) is 9.77. The number of rotatable bonds is 1. The van der Waals surface area contributed by atoms with Crippen LogP contribution in [0.5, 0.6) is 0 Å². The lowest BCUT2D eigenvalue weighted by atomic mass is 9.89. The van der Waals surface area contributed by atoms with E-state index < -0.39 is 0 Å². The third kappa shape index (κ3) is 2.00. The Morgan fingerprint density at radius 2 is 1.06 bits per heavy atom. The Balaban J connectivity index is 2.66. The Bertz CT molecular complexity index is 509. The predicted molar refractivity (Wildman–Crippen MR) is 76.4 cm³/mol. The molecule has 1 aromatic carbocycles. The number of allylic oxidation sites excluding steroid dienone is 5. The van der Waals surface area contributed by atoms with Crippen LogP contribution in [0.3, 0.4) is 0 Å². The predicted octanol–water partition coefficient (Wildman–Crippen LogP) is 4.74. The molecule has 0 spiro atoms. The zero-order valence-electron chi connectivity index (χ0n) is 11.4. The highest BCUT2D eigenvalue weighted by atomic mass is 14.2. The third-order valence-corrected chi connectivity index (χ3v) is 4.06. The van der Waals surface area contributed by atoms with E-state index in [0.29, 0.717) is 0 Å². The van der Waals surface area contributed by atoms with Crippen LogP contribution in [0, 0.1) is 34.6 Å². The van der Waals surface area contributed by atoms with Gasteiger partial charge in [0, 0.05) is 0 Å². The maximum atomic E-state index is 2.30. The Hall–Kier alpha value is -1.56. The summed E-state index contributed by atoms with van der Waals surface area (Å²) in [5.74, 6) is 0. The zero-order valence-corrected chi connectivity index (χ0v) is 11.4. The van der Waals surface area contributed by atoms with Crippen molar-refractivity contribution in [3.63, 3.8) is 0 Å². The maximum absolute atomic E-state index is 2.30. The van der Waals surface area contributed by atoms with Gasteiger partial charge in [0.15, 0.2) is 0 Å². The summed E-state index contributed by atoms with van der Waals surface area (Å²) in [4.78, 5) is 0. The molecule has 0 nitrogen and oxygen atoms in total. The molecule has 0 atom stereocenters. The fourth-order valence-corrected chi connectivity index (χ4v) is 2.40. The van der Waals surface area contributed by atoms with Crippen molar-refractivity contribution in [2.45, 2.75) is 34.6 Å². The molecule has 0 heteroatoms. The van der Waals surface area contributed by atoms with Gasteiger partial charge >= 0.3 is 0 Å². The van der Waals surface area contributed by atoms with Gasteiger partial charge in [-0.3, -0.25) is 0 Å². The van der Waals surface area contributed by atoms with Crippen LogP contribution in [-0.2, 0) is 0 Å². The molecule has 2 rings (SSSR count). The Kier molecular flexibility index (Phi) is 3.06. The van der Waals surface area contributed by atoms with Crippen LogP contribution in [0.2, 0.25) is 0 Å². The van der Waals surface area contributed by atoms with E-state index in [1.807, 2.05) is 0 Å². The number of hydrogen-bond donors (Lipinski definition) is 0. The molecule has 1 aliphatic rings. The molecule has 0 unspecified atom stereocenters. The van der Waals surface area contributed by atoms with Crippen molar-refractivity contribution >= 4 is 6.08 Å². The van der Waals surface area contributed by atoms with Crippen molar-refractivity contribution in [2.24, 2.45) is 0 Å². The van der Waals surface area contributed by atoms with Crippen molar-refractivity contribution in [3.8, 4) is 0 Å². The van der Waals surface area contributed by atoms with Crippen LogP contribution >= 0.6 is 0 Å². The molecule has 0 bridgehead atoms. The van der Waals surface area contributed by atoms with E-state index in [2.05, 4.69) is 65.0 Å². The first-order valence-electron chi connectivity index (χ1n) is 6.15. The summed E-state index contributed by atoms with van der Waals surface area (Å²) in [6.45, 7) is 11.1. The third-order valence-electron chi connectivity index (χ3n) is 4.06. The van der Waals surface area contributed by atoms with Gasteiger partial charge in [-0.1, -0.05) is 24.3 Å². The molecule has 1 aliphatic carbocycles. The summed E-state index contributed by atoms with van der Waals surface area (Å²) < 4.78 is 0. The largest absolute Gasteiger partial charge is 0.0617 e. The van der Waals surface area contributed by atoms with Gasteiger partial charge in [0.1, 0.15) is 0 Å². The maximum Gasteiger partial charge on any atom is -0.0187 e. The lowest BCUT2D eigenvalue weighted by Gasteiger charge is -2.16. The first kappa shape index (κ1) is 11.9. The van der Waals surface area contributed by atoms with E-state index in [1.165, 1.54) is 39.0 Å². The van der Waals surface area contributed by atoms with Gasteiger partial charge in [-0.25, -0.2) is 0 Å². The molecule has 0 N–H and O–H groups in total. The van der Waals surface area contributed by atoms with Crippen molar-refractivity contribution in [3.05, 3.63) is 63.3 Å². The average molecular weight is 224 g/mol. The minimum atomic E-state index is 1.29. The molecule has 0 amide bonds. The minimum absolute atomic E-state index is 1.29. The molecule has 0 saturated heterocycles. The molecule has 88 valence electrons. The van der Waals surface area contributed by atoms with Crippen molar-refractivity contribution in [2.75, 3.05) is 0 Å². The number of benzene rings is 1. The molecule has 0 heterocycles. The van der Waals surface area contributed by atoms with Crippen LogP contribution in [-0.4, -0.2) is 0 Å². The second-order valence-electron chi connectivity index (χ2n) is 4.90. The topological polar surface area (TPSA) is 0 Å². The summed E-state index contributed by atoms with van der Waals surface area (Å²) in [6, 6.07) is 0. The highest BCUT2D eigenvalue weighted by molar-refractivity contribution is 5.69. The van der Waals surface area contributed by atoms with E-state index in [0.717, 1.165) is 0 Å². The van der Waals surface area contributed by atoms with Crippen LogP contribution < -0.4 is 0 Å². The summed E-state index contributed by atoms with van der Waals surface area (Å²) in [5, 5.41) is 0. The molecule has 0 fully saturated rings. The first-order valence-corrected chi connectivity index (χ1v) is 6.15. The Labute approximate surface area is 104 Å². The number of hydrogen-bond acceptors (Lipinski definition) is 0. The van der Waals surface area contributed by atoms with Gasteiger partial charge in [0.05, 0.1) is 0 Å². The Morgan fingerprint density at radius 3 is 1.53 bits per heavy atom. The normalized spacial score (nSPS) is 13.6. The second kappa shape index (κ2) is 4.37. The van der Waals surface area contributed by atoms with E-state index in [4.69, 9.17) is 0 Å². The highest BCUT2D eigenvalue weighted by Gasteiger charge is 2.10. The molecule has 1 aromatic rings. The van der Waals surface area contributed by atoms with E-state index in [-0.39, 0.29) is 0 Å². The van der Waals surface area contributed by atoms with Gasteiger partial charge < -0.3 is 0 Å². The smallest absolute Gasteiger partial charge is 0.0187 e. The minimum Gasteiger partial charge on any atom is -0.0617 e. The van der Waals surface area contributed by atoms with Gasteiger partial charge in [-0.05, 0) is 79.6 Å². The van der Waals surface area contributed by atoms with Crippen molar-refractivity contribution < 1.29 is 0 Å². The van der Waals surface area contributed by atoms with Crippen LogP contribution in [0.25, 0.3) is 6.08 Å². The molecule has 0 saturated carbocycles. The Morgan fingerprint density at radius 1 is 0.647 bits per heavy atom. The fourth-order valence-electron chi connectivity index (χ4n) is 2.40. The van der Waals surface area contributed by atoms with Gasteiger partial charge in [-0.2, -0.15) is 0 Å². The monoisotopic (exact) mass is 224 g/mol.